The normalized spacial score (nSPS) is 10.3. The van der Waals surface area contributed by atoms with Gasteiger partial charge in [0.2, 0.25) is 15.0 Å². The van der Waals surface area contributed by atoms with Crippen molar-refractivity contribution in [3.8, 4) is 0 Å². The molecule has 0 aliphatic heterocycles. The smallest absolute Gasteiger partial charge is 0.240 e. The van der Waals surface area contributed by atoms with Crippen LogP contribution >= 0.6 is 11.8 Å². The fourth-order valence-corrected chi connectivity index (χ4v) is 6.16. The van der Waals surface area contributed by atoms with Gasteiger partial charge >= 0.3 is 0 Å². The maximum absolute atomic E-state index is 12.5. The van der Waals surface area contributed by atoms with Gasteiger partial charge < -0.3 is 9.13 Å². The zero-order chi connectivity index (χ0) is 29.1. The van der Waals surface area contributed by atoms with Crippen molar-refractivity contribution in [2.24, 2.45) is 14.1 Å². The zero-order valence-corrected chi connectivity index (χ0v) is 25.4. The third-order valence-corrected chi connectivity index (χ3v) is 8.53. The maximum Gasteiger partial charge on any atom is 0.240 e. The van der Waals surface area contributed by atoms with Crippen molar-refractivity contribution in [2.45, 2.75) is 55.2 Å². The van der Waals surface area contributed by atoms with E-state index >= 15 is 0 Å². The van der Waals surface area contributed by atoms with Gasteiger partial charge in [-0.25, -0.2) is 18.4 Å². The Morgan fingerprint density at radius 3 is 1.54 bits per heavy atom. The molecule has 8 heteroatoms. The number of imidazole rings is 2. The van der Waals surface area contributed by atoms with Crippen LogP contribution in [0.15, 0.2) is 129 Å². The Bertz CT molecular complexity index is 1740. The van der Waals surface area contributed by atoms with Gasteiger partial charge in [0.05, 0.1) is 27.0 Å². The molecule has 0 atom stereocenters. The van der Waals surface area contributed by atoms with E-state index in [4.69, 9.17) is 0 Å². The molecule has 6 aromatic rings. The number of para-hydroxylation sites is 4. The summed E-state index contributed by atoms with van der Waals surface area (Å²) in [4.78, 5) is 10.3. The van der Waals surface area contributed by atoms with E-state index in [0.717, 1.165) is 16.2 Å². The summed E-state index contributed by atoms with van der Waals surface area (Å²) >= 11 is 1.69. The quantitative estimate of drug-likeness (QED) is 0.206. The lowest BCUT2D eigenvalue weighted by molar-refractivity contribution is 0.581. The van der Waals surface area contributed by atoms with Crippen LogP contribution in [-0.4, -0.2) is 27.5 Å². The van der Waals surface area contributed by atoms with Crippen molar-refractivity contribution in [3.05, 3.63) is 109 Å². The summed E-state index contributed by atoms with van der Waals surface area (Å²) in [5.74, 6) is 0. The number of hydrogen-bond acceptors (Lipinski definition) is 5. The molecule has 0 spiro atoms. The second kappa shape index (κ2) is 15.8. The Kier molecular flexibility index (Phi) is 12.8. The van der Waals surface area contributed by atoms with Gasteiger partial charge in [-0.2, -0.15) is 0 Å². The Labute approximate surface area is 249 Å². The monoisotopic (exact) mass is 588 g/mol. The van der Waals surface area contributed by atoms with Crippen molar-refractivity contribution in [3.63, 3.8) is 0 Å². The number of benzene rings is 4. The highest BCUT2D eigenvalue weighted by molar-refractivity contribution is 7.99. The van der Waals surface area contributed by atoms with E-state index < -0.39 is 9.84 Å². The summed E-state index contributed by atoms with van der Waals surface area (Å²) in [5, 5.41) is 1.09. The molecule has 0 fully saturated rings. The van der Waals surface area contributed by atoms with Crippen LogP contribution in [0.4, 0.5) is 0 Å². The number of hydrogen-bond donors (Lipinski definition) is 0. The maximum atomic E-state index is 12.5. The molecule has 2 heterocycles. The molecule has 2 aromatic heterocycles. The summed E-state index contributed by atoms with van der Waals surface area (Å²) in [6.07, 6.45) is 0. The van der Waals surface area contributed by atoms with Crippen LogP contribution in [0.3, 0.4) is 0 Å². The fraction of sp³-hybridized carbons (Fsp3) is 0.212. The predicted octanol–water partition coefficient (Wildman–Crippen LogP) is 8.82. The molecule has 41 heavy (non-hydrogen) atoms. The van der Waals surface area contributed by atoms with Crippen LogP contribution in [-0.2, 0) is 23.9 Å². The van der Waals surface area contributed by atoms with Crippen LogP contribution in [0.2, 0.25) is 0 Å². The van der Waals surface area contributed by atoms with E-state index in [1.165, 1.54) is 10.4 Å². The van der Waals surface area contributed by atoms with Crippen LogP contribution < -0.4 is 0 Å². The van der Waals surface area contributed by atoms with Crippen LogP contribution in [0, 0.1) is 0 Å². The highest BCUT2D eigenvalue weighted by Gasteiger charge is 2.24. The minimum Gasteiger partial charge on any atom is -0.322 e. The van der Waals surface area contributed by atoms with Crippen LogP contribution in [0.25, 0.3) is 22.1 Å². The zero-order valence-electron chi connectivity index (χ0n) is 23.8. The second-order valence-electron chi connectivity index (χ2n) is 8.12. The fourth-order valence-electron chi connectivity index (χ4n) is 3.88. The highest BCUT2D eigenvalue weighted by atomic mass is 32.2. The summed E-state index contributed by atoms with van der Waals surface area (Å²) in [6, 6.07) is 34.2. The lowest BCUT2D eigenvalue weighted by Crippen LogP contribution is -2.08. The molecule has 0 aliphatic carbocycles. The molecule has 0 aliphatic rings. The predicted molar refractivity (Wildman–Crippen MR) is 173 cm³/mol. The largest absolute Gasteiger partial charge is 0.322 e. The first kappa shape index (κ1) is 33.3. The van der Waals surface area contributed by atoms with Crippen molar-refractivity contribution in [1.29, 1.82) is 0 Å². The molecule has 0 radical (unpaired) electrons. The van der Waals surface area contributed by atoms with Crippen molar-refractivity contribution in [1.82, 2.24) is 19.1 Å². The molecule has 6 nitrogen and oxygen atoms in total. The summed E-state index contributed by atoms with van der Waals surface area (Å²) in [7, 11) is 0.190. The SMILES string of the molecule is C.CC.CC.Cn1c(S(=O)(=O)c2ccccc2)nc2ccccc21.Cn1c(Sc2ccccc2)nc2ccccc21. The third kappa shape index (κ3) is 7.65. The Morgan fingerprint density at radius 2 is 1.02 bits per heavy atom. The highest BCUT2D eigenvalue weighted by Crippen LogP contribution is 2.29. The number of rotatable bonds is 4. The molecule has 0 amide bonds. The Morgan fingerprint density at radius 1 is 0.585 bits per heavy atom. The van der Waals surface area contributed by atoms with Crippen LogP contribution in [0.5, 0.6) is 0 Å². The van der Waals surface area contributed by atoms with Gasteiger partial charge in [-0.05, 0) is 48.5 Å². The van der Waals surface area contributed by atoms with Gasteiger partial charge in [0.15, 0.2) is 5.16 Å². The topological polar surface area (TPSA) is 69.8 Å². The van der Waals surface area contributed by atoms with Gasteiger partial charge in [0.1, 0.15) is 0 Å². The van der Waals surface area contributed by atoms with Gasteiger partial charge in [0.25, 0.3) is 0 Å². The van der Waals surface area contributed by atoms with Gasteiger partial charge in [-0.15, -0.1) is 0 Å². The molecule has 0 saturated heterocycles. The summed E-state index contributed by atoms with van der Waals surface area (Å²) in [6.45, 7) is 8.00. The summed E-state index contributed by atoms with van der Waals surface area (Å²) in [5.41, 5.74) is 3.70. The number of nitrogens with zero attached hydrogens (tertiary/aromatic N) is 4. The number of fused-ring (bicyclic) bond motifs is 2. The molecule has 0 N–H and O–H groups in total. The van der Waals surface area contributed by atoms with E-state index in [0.29, 0.717) is 5.52 Å². The first-order chi connectivity index (χ1) is 19.4. The molecule has 4 aromatic carbocycles. The minimum absolute atomic E-state index is 0. The lowest BCUT2D eigenvalue weighted by Gasteiger charge is -2.04. The summed E-state index contributed by atoms with van der Waals surface area (Å²) < 4.78 is 28.8. The second-order valence-corrected chi connectivity index (χ2v) is 11.0. The van der Waals surface area contributed by atoms with Gasteiger partial charge in [-0.3, -0.25) is 0 Å². The molecule has 0 unspecified atom stereocenters. The molecule has 216 valence electrons. The van der Waals surface area contributed by atoms with Gasteiger partial charge in [-0.1, -0.05) is 108 Å². The Balaban J connectivity index is 0.000000252. The van der Waals surface area contributed by atoms with E-state index in [1.54, 1.807) is 59.8 Å². The van der Waals surface area contributed by atoms with Crippen molar-refractivity contribution < 1.29 is 8.42 Å². The number of aryl methyl sites for hydroxylation is 2. The number of aromatic nitrogens is 4. The van der Waals surface area contributed by atoms with E-state index in [2.05, 4.69) is 39.8 Å². The third-order valence-electron chi connectivity index (χ3n) is 5.74. The lowest BCUT2D eigenvalue weighted by atomic mass is 10.3. The van der Waals surface area contributed by atoms with Crippen LogP contribution in [0.1, 0.15) is 35.1 Å². The molecular weight excluding hydrogens is 549 g/mol. The first-order valence-corrected chi connectivity index (χ1v) is 15.6. The Hall–Kier alpha value is -3.88. The van der Waals surface area contributed by atoms with E-state index in [1.807, 2.05) is 82.3 Å². The minimum atomic E-state index is -3.58. The average Bonchev–Trinajstić information content (AvgIpc) is 3.53. The first-order valence-electron chi connectivity index (χ1n) is 13.3. The molecule has 0 saturated carbocycles. The van der Waals surface area contributed by atoms with Crippen molar-refractivity contribution in [2.75, 3.05) is 0 Å². The number of sulfone groups is 1. The molecule has 6 rings (SSSR count). The molecule has 0 bridgehead atoms. The average molecular weight is 589 g/mol. The standard InChI is InChI=1S/C14H12N2O2S.C14H12N2S.2C2H6.CH4/c1-16-13-10-6-5-9-12(13)15-14(16)19(17,18)11-7-3-2-4-8-11;1-16-13-10-6-5-9-12(13)15-14(16)17-11-7-3-2-4-8-11;2*1-2;/h2-10H,1H3;2-10H,1H3;2*1-2H3;1H4. The van der Waals surface area contributed by atoms with Crippen molar-refractivity contribution >= 4 is 43.7 Å². The van der Waals surface area contributed by atoms with E-state index in [9.17, 15) is 8.42 Å². The van der Waals surface area contributed by atoms with Gasteiger partial charge in [0, 0.05) is 19.0 Å². The van der Waals surface area contributed by atoms with E-state index in [-0.39, 0.29) is 17.5 Å². The molecular formula is C33H40N4O2S2.